The van der Waals surface area contributed by atoms with Crippen molar-refractivity contribution >= 4 is 23.3 Å². The van der Waals surface area contributed by atoms with E-state index in [1.54, 1.807) is 24.3 Å². The molecule has 146 valence electrons. The van der Waals surface area contributed by atoms with Crippen molar-refractivity contribution in [3.05, 3.63) is 52.1 Å². The smallest absolute Gasteiger partial charge is 0.345 e. The molecule has 0 spiro atoms. The van der Waals surface area contributed by atoms with Gasteiger partial charge in [0.25, 0.3) is 11.6 Å². The molecule has 10 nitrogen and oxygen atoms in total. The van der Waals surface area contributed by atoms with Crippen LogP contribution in [0.3, 0.4) is 0 Å². The van der Waals surface area contributed by atoms with Gasteiger partial charge in [-0.1, -0.05) is 12.1 Å². The van der Waals surface area contributed by atoms with Gasteiger partial charge in [0.05, 0.1) is 23.8 Å². The molecule has 0 aromatic heterocycles. The van der Waals surface area contributed by atoms with Crippen molar-refractivity contribution in [1.82, 2.24) is 0 Å². The molecule has 0 atom stereocenters. The maximum atomic E-state index is 12.3. The topological polar surface area (TPSA) is 126 Å². The molecular formula is C18H16N2O8. The monoisotopic (exact) mass is 388 g/mol. The SMILES string of the molecule is COc1ccccc1NC(=O)COC(=O)c1cc2c(cc1[N+](=O)[O-])OCCO2. The number of nitro benzene ring substituents is 1. The maximum Gasteiger partial charge on any atom is 0.345 e. The minimum absolute atomic E-state index is 0.170. The molecule has 2 aromatic rings. The van der Waals surface area contributed by atoms with Gasteiger partial charge < -0.3 is 24.3 Å². The molecule has 3 rings (SSSR count). The molecule has 0 saturated heterocycles. The minimum atomic E-state index is -1.03. The number of methoxy groups -OCH3 is 1. The lowest BCUT2D eigenvalue weighted by atomic mass is 10.1. The van der Waals surface area contributed by atoms with Crippen molar-refractivity contribution in [1.29, 1.82) is 0 Å². The summed E-state index contributed by atoms with van der Waals surface area (Å²) in [4.78, 5) is 34.9. The van der Waals surface area contributed by atoms with E-state index in [0.29, 0.717) is 11.4 Å². The van der Waals surface area contributed by atoms with E-state index in [0.717, 1.165) is 6.07 Å². The van der Waals surface area contributed by atoms with Crippen LogP contribution in [0.25, 0.3) is 0 Å². The largest absolute Gasteiger partial charge is 0.495 e. The van der Waals surface area contributed by atoms with E-state index < -0.39 is 29.1 Å². The molecule has 1 aliphatic rings. The van der Waals surface area contributed by atoms with Gasteiger partial charge >= 0.3 is 5.97 Å². The summed E-state index contributed by atoms with van der Waals surface area (Å²) in [6.45, 7) is -0.139. The highest BCUT2D eigenvalue weighted by atomic mass is 16.6. The van der Waals surface area contributed by atoms with Crippen LogP contribution in [-0.2, 0) is 9.53 Å². The molecule has 1 N–H and O–H groups in total. The number of nitro groups is 1. The van der Waals surface area contributed by atoms with Gasteiger partial charge in [-0.15, -0.1) is 0 Å². The molecule has 0 bridgehead atoms. The molecule has 1 amide bonds. The highest BCUT2D eigenvalue weighted by Gasteiger charge is 2.27. The molecule has 0 unspecified atom stereocenters. The first-order chi connectivity index (χ1) is 13.5. The third-order valence-corrected chi connectivity index (χ3v) is 3.79. The Bertz CT molecular complexity index is 928. The summed E-state index contributed by atoms with van der Waals surface area (Å²) in [7, 11) is 1.45. The predicted molar refractivity (Wildman–Crippen MR) is 96.0 cm³/mol. The maximum absolute atomic E-state index is 12.3. The van der Waals surface area contributed by atoms with Crippen molar-refractivity contribution in [2.75, 3.05) is 32.2 Å². The molecule has 0 saturated carbocycles. The van der Waals surface area contributed by atoms with Crippen LogP contribution in [0.15, 0.2) is 36.4 Å². The number of nitrogens with one attached hydrogen (secondary N) is 1. The van der Waals surface area contributed by atoms with Crippen molar-refractivity contribution in [3.63, 3.8) is 0 Å². The van der Waals surface area contributed by atoms with E-state index in [2.05, 4.69) is 5.32 Å². The molecular weight excluding hydrogens is 372 g/mol. The van der Waals surface area contributed by atoms with Gasteiger partial charge in [-0.05, 0) is 12.1 Å². The lowest BCUT2D eigenvalue weighted by molar-refractivity contribution is -0.385. The van der Waals surface area contributed by atoms with Gasteiger partial charge in [0.15, 0.2) is 18.1 Å². The third kappa shape index (κ3) is 4.11. The normalized spacial score (nSPS) is 12.0. The van der Waals surface area contributed by atoms with Gasteiger partial charge in [0.1, 0.15) is 24.5 Å². The zero-order valence-electron chi connectivity index (χ0n) is 14.8. The molecule has 10 heteroatoms. The number of rotatable bonds is 6. The Hall–Kier alpha value is -3.82. The number of hydrogen-bond acceptors (Lipinski definition) is 8. The Morgan fingerprint density at radius 3 is 2.54 bits per heavy atom. The number of anilines is 1. The first-order valence-corrected chi connectivity index (χ1v) is 8.17. The number of fused-ring (bicyclic) bond motifs is 1. The van der Waals surface area contributed by atoms with E-state index in [1.807, 2.05) is 0 Å². The van der Waals surface area contributed by atoms with E-state index >= 15 is 0 Å². The van der Waals surface area contributed by atoms with Crippen molar-refractivity contribution in [3.8, 4) is 17.2 Å². The number of carbonyl (C=O) groups is 2. The number of nitrogens with zero attached hydrogens (tertiary/aromatic N) is 1. The fraction of sp³-hybridized carbons (Fsp3) is 0.222. The summed E-state index contributed by atoms with van der Waals surface area (Å²) in [6.07, 6.45) is 0. The first-order valence-electron chi connectivity index (χ1n) is 8.17. The van der Waals surface area contributed by atoms with Crippen LogP contribution in [0.2, 0.25) is 0 Å². The molecule has 0 aliphatic carbocycles. The molecule has 1 heterocycles. The average Bonchev–Trinajstić information content (AvgIpc) is 2.71. The summed E-state index contributed by atoms with van der Waals surface area (Å²) in [5.41, 5.74) is -0.435. The van der Waals surface area contributed by atoms with Gasteiger partial charge in [-0.25, -0.2) is 4.79 Å². The first kappa shape index (κ1) is 19.0. The number of ether oxygens (including phenoxy) is 4. The number of amides is 1. The van der Waals surface area contributed by atoms with Gasteiger partial charge in [-0.2, -0.15) is 0 Å². The van der Waals surface area contributed by atoms with Crippen LogP contribution in [0.4, 0.5) is 11.4 Å². The van der Waals surface area contributed by atoms with E-state index in [9.17, 15) is 19.7 Å². The Kier molecular flexibility index (Phi) is 5.58. The van der Waals surface area contributed by atoms with Crippen molar-refractivity contribution in [2.45, 2.75) is 0 Å². The molecule has 0 fully saturated rings. The number of esters is 1. The second-order valence-corrected chi connectivity index (χ2v) is 5.59. The van der Waals surface area contributed by atoms with Gasteiger partial charge in [0, 0.05) is 6.07 Å². The summed E-state index contributed by atoms with van der Waals surface area (Å²) >= 11 is 0. The summed E-state index contributed by atoms with van der Waals surface area (Å²) in [6, 6.07) is 8.97. The van der Waals surface area contributed by atoms with Crippen LogP contribution in [-0.4, -0.2) is 43.7 Å². The average molecular weight is 388 g/mol. The Balaban J connectivity index is 1.70. The summed E-state index contributed by atoms with van der Waals surface area (Å²) in [5, 5.41) is 13.8. The van der Waals surface area contributed by atoms with E-state index in [1.165, 1.54) is 13.2 Å². The highest BCUT2D eigenvalue weighted by molar-refractivity contribution is 5.98. The van der Waals surface area contributed by atoms with Crippen molar-refractivity contribution in [2.24, 2.45) is 0 Å². The van der Waals surface area contributed by atoms with E-state index in [-0.39, 0.29) is 30.3 Å². The van der Waals surface area contributed by atoms with Gasteiger partial charge in [-0.3, -0.25) is 14.9 Å². The van der Waals surface area contributed by atoms with Crippen LogP contribution < -0.4 is 19.5 Å². The summed E-state index contributed by atoms with van der Waals surface area (Å²) in [5.74, 6) is -0.854. The van der Waals surface area contributed by atoms with Crippen LogP contribution in [0.5, 0.6) is 17.2 Å². The lowest BCUT2D eigenvalue weighted by Gasteiger charge is -2.18. The molecule has 0 radical (unpaired) electrons. The second kappa shape index (κ2) is 8.25. The van der Waals surface area contributed by atoms with Crippen LogP contribution in [0.1, 0.15) is 10.4 Å². The fourth-order valence-corrected chi connectivity index (χ4v) is 2.54. The molecule has 1 aliphatic heterocycles. The lowest BCUT2D eigenvalue weighted by Crippen LogP contribution is -2.22. The number of hydrogen-bond donors (Lipinski definition) is 1. The van der Waals surface area contributed by atoms with E-state index in [4.69, 9.17) is 18.9 Å². The Morgan fingerprint density at radius 1 is 1.18 bits per heavy atom. The van der Waals surface area contributed by atoms with Crippen LogP contribution in [0, 0.1) is 10.1 Å². The molecule has 2 aromatic carbocycles. The Labute approximate surface area is 159 Å². The number of para-hydroxylation sites is 2. The Morgan fingerprint density at radius 2 is 1.86 bits per heavy atom. The highest BCUT2D eigenvalue weighted by Crippen LogP contribution is 2.36. The third-order valence-electron chi connectivity index (χ3n) is 3.79. The standard InChI is InChI=1S/C18H16N2O8/c1-25-14-5-3-2-4-12(14)19-17(21)10-28-18(22)11-8-15-16(27-7-6-26-15)9-13(11)20(23)24/h2-5,8-9H,6-7,10H2,1H3,(H,19,21). The number of carbonyl (C=O) groups excluding carboxylic acids is 2. The minimum Gasteiger partial charge on any atom is -0.495 e. The zero-order valence-corrected chi connectivity index (χ0v) is 14.8. The number of benzene rings is 2. The van der Waals surface area contributed by atoms with Crippen LogP contribution >= 0.6 is 0 Å². The zero-order chi connectivity index (χ0) is 20.1. The fourth-order valence-electron chi connectivity index (χ4n) is 2.54. The van der Waals surface area contributed by atoms with Crippen molar-refractivity contribution < 1.29 is 33.5 Å². The summed E-state index contributed by atoms with van der Waals surface area (Å²) < 4.78 is 20.6. The van der Waals surface area contributed by atoms with Gasteiger partial charge in [0.2, 0.25) is 0 Å². The molecule has 28 heavy (non-hydrogen) atoms. The quantitative estimate of drug-likeness (QED) is 0.453. The predicted octanol–water partition coefficient (Wildman–Crippen LogP) is 2.17. The second-order valence-electron chi connectivity index (χ2n) is 5.59.